The van der Waals surface area contributed by atoms with E-state index in [-0.39, 0.29) is 12.2 Å². The number of hydrogen-bond donors (Lipinski definition) is 1. The van der Waals surface area contributed by atoms with Crippen molar-refractivity contribution in [2.75, 3.05) is 7.11 Å². The van der Waals surface area contributed by atoms with Gasteiger partial charge in [-0.3, -0.25) is 9.59 Å². The maximum absolute atomic E-state index is 12.0. The Morgan fingerprint density at radius 2 is 2.18 bits per heavy atom. The normalized spacial score (nSPS) is 18.7. The standard InChI is InChI=1S/C12H11BrO4/c1-17-10-3-2-8(13)7-4-6(12(15)16)5-9(14)11(7)10/h2-3,6H,4-5H2,1H3,(H,15,16)/t6-/m0/s1. The number of halogens is 1. The van der Waals surface area contributed by atoms with Crippen LogP contribution in [-0.2, 0) is 11.2 Å². The van der Waals surface area contributed by atoms with Crippen LogP contribution < -0.4 is 4.74 Å². The number of Topliss-reactive ketones (excluding diaryl/α,β-unsaturated/α-hetero) is 1. The summed E-state index contributed by atoms with van der Waals surface area (Å²) in [7, 11) is 1.50. The van der Waals surface area contributed by atoms with Crippen molar-refractivity contribution >= 4 is 27.7 Å². The minimum absolute atomic E-state index is 0.0369. The van der Waals surface area contributed by atoms with E-state index < -0.39 is 11.9 Å². The SMILES string of the molecule is COc1ccc(Br)c2c1C(=O)C[C@@H](C(=O)O)C2. The molecule has 1 atom stereocenters. The molecule has 2 rings (SSSR count). The number of fused-ring (bicyclic) bond motifs is 1. The predicted molar refractivity (Wildman–Crippen MR) is 64.5 cm³/mol. The van der Waals surface area contributed by atoms with Crippen molar-refractivity contribution in [2.24, 2.45) is 5.92 Å². The molecule has 0 saturated heterocycles. The first-order chi connectivity index (χ1) is 8.04. The number of carboxylic acid groups (broad SMARTS) is 1. The molecule has 4 nitrogen and oxygen atoms in total. The van der Waals surface area contributed by atoms with Gasteiger partial charge in [0, 0.05) is 10.9 Å². The maximum Gasteiger partial charge on any atom is 0.307 e. The second-order valence-electron chi connectivity index (χ2n) is 3.97. The Labute approximate surface area is 107 Å². The van der Waals surface area contributed by atoms with Crippen LogP contribution in [0.3, 0.4) is 0 Å². The molecule has 1 aliphatic rings. The molecule has 0 aromatic heterocycles. The van der Waals surface area contributed by atoms with Crippen molar-refractivity contribution in [1.82, 2.24) is 0 Å². The first kappa shape index (κ1) is 12.1. The Morgan fingerprint density at radius 3 is 2.76 bits per heavy atom. The van der Waals surface area contributed by atoms with Gasteiger partial charge in [0.05, 0.1) is 18.6 Å². The molecule has 1 aliphatic carbocycles. The Bertz CT molecular complexity index is 496. The summed E-state index contributed by atoms with van der Waals surface area (Å²) in [6, 6.07) is 3.48. The van der Waals surface area contributed by atoms with Crippen LogP contribution in [-0.4, -0.2) is 24.0 Å². The van der Waals surface area contributed by atoms with Crippen LogP contribution in [0.25, 0.3) is 0 Å². The molecular weight excluding hydrogens is 288 g/mol. The summed E-state index contributed by atoms with van der Waals surface area (Å²) in [5.74, 6) is -1.23. The maximum atomic E-state index is 12.0. The van der Waals surface area contributed by atoms with E-state index in [1.807, 2.05) is 0 Å². The summed E-state index contributed by atoms with van der Waals surface area (Å²) in [5, 5.41) is 9.00. The molecule has 0 fully saturated rings. The van der Waals surface area contributed by atoms with Crippen LogP contribution in [0.15, 0.2) is 16.6 Å². The Kier molecular flexibility index (Phi) is 3.19. The zero-order chi connectivity index (χ0) is 12.6. The topological polar surface area (TPSA) is 63.6 Å². The van der Waals surface area contributed by atoms with E-state index in [0.29, 0.717) is 17.7 Å². The molecule has 0 saturated carbocycles. The third-order valence-electron chi connectivity index (χ3n) is 2.95. The number of carboxylic acids is 1. The smallest absolute Gasteiger partial charge is 0.307 e. The highest BCUT2D eigenvalue weighted by Gasteiger charge is 2.33. The molecule has 1 aromatic rings. The Morgan fingerprint density at radius 1 is 1.47 bits per heavy atom. The lowest BCUT2D eigenvalue weighted by molar-refractivity contribution is -0.141. The molecule has 17 heavy (non-hydrogen) atoms. The minimum atomic E-state index is -0.932. The number of methoxy groups -OCH3 is 1. The molecule has 0 aliphatic heterocycles. The summed E-state index contributed by atoms with van der Waals surface area (Å²) in [6.07, 6.45) is 0.392. The predicted octanol–water partition coefficient (Wildman–Crippen LogP) is 2.29. The van der Waals surface area contributed by atoms with Gasteiger partial charge in [-0.2, -0.15) is 0 Å². The van der Waals surface area contributed by atoms with Crippen LogP contribution in [0.4, 0.5) is 0 Å². The highest BCUT2D eigenvalue weighted by molar-refractivity contribution is 9.10. The van der Waals surface area contributed by atoms with Gasteiger partial charge in [0.2, 0.25) is 0 Å². The fourth-order valence-electron chi connectivity index (χ4n) is 2.10. The Hall–Kier alpha value is -1.36. The molecule has 0 amide bonds. The lowest BCUT2D eigenvalue weighted by Crippen LogP contribution is -2.27. The zero-order valence-corrected chi connectivity index (χ0v) is 10.8. The van der Waals surface area contributed by atoms with Crippen LogP contribution in [0.5, 0.6) is 5.75 Å². The van der Waals surface area contributed by atoms with Crippen LogP contribution in [0.1, 0.15) is 22.3 Å². The van der Waals surface area contributed by atoms with Gasteiger partial charge in [0.25, 0.3) is 0 Å². The van der Waals surface area contributed by atoms with Crippen molar-refractivity contribution in [3.63, 3.8) is 0 Å². The number of carbonyl (C=O) groups is 2. The van der Waals surface area contributed by atoms with E-state index in [2.05, 4.69) is 15.9 Å². The van der Waals surface area contributed by atoms with Gasteiger partial charge < -0.3 is 9.84 Å². The van der Waals surface area contributed by atoms with Gasteiger partial charge in [-0.15, -0.1) is 0 Å². The molecule has 0 heterocycles. The summed E-state index contributed by atoms with van der Waals surface area (Å²) < 4.78 is 5.90. The average Bonchev–Trinajstić information content (AvgIpc) is 2.30. The highest BCUT2D eigenvalue weighted by atomic mass is 79.9. The summed E-state index contributed by atoms with van der Waals surface area (Å²) >= 11 is 3.35. The van der Waals surface area contributed by atoms with Crippen molar-refractivity contribution in [2.45, 2.75) is 12.8 Å². The van der Waals surface area contributed by atoms with Crippen LogP contribution >= 0.6 is 15.9 Å². The molecule has 1 aromatic carbocycles. The minimum Gasteiger partial charge on any atom is -0.496 e. The highest BCUT2D eigenvalue weighted by Crippen LogP contribution is 2.36. The molecule has 0 spiro atoms. The quantitative estimate of drug-likeness (QED) is 0.910. The number of aliphatic carboxylic acids is 1. The molecular formula is C12H11BrO4. The fourth-order valence-corrected chi connectivity index (χ4v) is 2.59. The molecule has 0 radical (unpaired) electrons. The molecule has 90 valence electrons. The van der Waals surface area contributed by atoms with E-state index in [1.54, 1.807) is 12.1 Å². The van der Waals surface area contributed by atoms with E-state index in [4.69, 9.17) is 9.84 Å². The van der Waals surface area contributed by atoms with Gasteiger partial charge in [0.15, 0.2) is 5.78 Å². The van der Waals surface area contributed by atoms with Crippen molar-refractivity contribution in [3.8, 4) is 5.75 Å². The third-order valence-corrected chi connectivity index (χ3v) is 3.69. The lowest BCUT2D eigenvalue weighted by atomic mass is 9.82. The lowest BCUT2D eigenvalue weighted by Gasteiger charge is -2.23. The number of rotatable bonds is 2. The van der Waals surface area contributed by atoms with Crippen molar-refractivity contribution in [1.29, 1.82) is 0 Å². The van der Waals surface area contributed by atoms with Gasteiger partial charge in [-0.25, -0.2) is 0 Å². The molecule has 0 bridgehead atoms. The van der Waals surface area contributed by atoms with Gasteiger partial charge in [-0.05, 0) is 24.1 Å². The number of ketones is 1. The largest absolute Gasteiger partial charge is 0.496 e. The summed E-state index contributed by atoms with van der Waals surface area (Å²) in [6.45, 7) is 0. The first-order valence-electron chi connectivity index (χ1n) is 5.16. The summed E-state index contributed by atoms with van der Waals surface area (Å²) in [4.78, 5) is 22.9. The zero-order valence-electron chi connectivity index (χ0n) is 9.20. The van der Waals surface area contributed by atoms with Crippen molar-refractivity contribution < 1.29 is 19.4 Å². The number of hydrogen-bond acceptors (Lipinski definition) is 3. The molecule has 5 heteroatoms. The van der Waals surface area contributed by atoms with E-state index in [0.717, 1.165) is 10.0 Å². The van der Waals surface area contributed by atoms with E-state index >= 15 is 0 Å². The second kappa shape index (κ2) is 4.49. The fraction of sp³-hybridized carbons (Fsp3) is 0.333. The Balaban J connectivity index is 2.54. The van der Waals surface area contributed by atoms with E-state index in [9.17, 15) is 9.59 Å². The van der Waals surface area contributed by atoms with Crippen molar-refractivity contribution in [3.05, 3.63) is 27.7 Å². The third kappa shape index (κ3) is 2.07. The van der Waals surface area contributed by atoms with Gasteiger partial charge in [-0.1, -0.05) is 15.9 Å². The average molecular weight is 299 g/mol. The molecule has 0 unspecified atom stereocenters. The van der Waals surface area contributed by atoms with Crippen LogP contribution in [0.2, 0.25) is 0 Å². The molecule has 1 N–H and O–H groups in total. The van der Waals surface area contributed by atoms with Crippen LogP contribution in [0, 0.1) is 5.92 Å². The van der Waals surface area contributed by atoms with Gasteiger partial charge >= 0.3 is 5.97 Å². The number of ether oxygens (including phenoxy) is 1. The summed E-state index contributed by atoms with van der Waals surface area (Å²) in [5.41, 5.74) is 1.24. The van der Waals surface area contributed by atoms with E-state index in [1.165, 1.54) is 7.11 Å². The van der Waals surface area contributed by atoms with Gasteiger partial charge in [0.1, 0.15) is 5.75 Å². The first-order valence-corrected chi connectivity index (χ1v) is 5.95. The number of carbonyl (C=O) groups excluding carboxylic acids is 1. The number of benzene rings is 1. The second-order valence-corrected chi connectivity index (χ2v) is 4.82. The monoisotopic (exact) mass is 298 g/mol.